The molecule has 0 bridgehead atoms. The van der Waals surface area contributed by atoms with Crippen molar-refractivity contribution in [3.63, 3.8) is 0 Å². The predicted octanol–water partition coefficient (Wildman–Crippen LogP) is 1.28. The van der Waals surface area contributed by atoms with Crippen molar-refractivity contribution in [1.29, 1.82) is 0 Å². The molecule has 0 saturated carbocycles. The molecule has 1 aromatic rings. The van der Waals surface area contributed by atoms with Crippen molar-refractivity contribution in [1.82, 2.24) is 4.98 Å². The minimum atomic E-state index is -1.00. The smallest absolute Gasteiger partial charge is 0.360 e. The standard InChI is InChI=1S/C11H15NO4/c1-4-15-11(14)10-9(16-8(3)13)6-5-7(2)12-10/h5-6,8,13H,4H2,1-3H3. The van der Waals surface area contributed by atoms with Crippen LogP contribution in [-0.2, 0) is 4.74 Å². The van der Waals surface area contributed by atoms with E-state index in [1.54, 1.807) is 26.0 Å². The van der Waals surface area contributed by atoms with Crippen molar-refractivity contribution < 1.29 is 19.4 Å². The fourth-order valence-corrected chi connectivity index (χ4v) is 1.17. The lowest BCUT2D eigenvalue weighted by Crippen LogP contribution is -2.15. The van der Waals surface area contributed by atoms with Crippen LogP contribution >= 0.6 is 0 Å². The second-order valence-corrected chi connectivity index (χ2v) is 3.24. The number of aliphatic hydroxyl groups excluding tert-OH is 1. The van der Waals surface area contributed by atoms with Gasteiger partial charge in [-0.1, -0.05) is 0 Å². The zero-order valence-corrected chi connectivity index (χ0v) is 9.56. The molecule has 1 atom stereocenters. The molecule has 0 fully saturated rings. The molecule has 1 N–H and O–H groups in total. The van der Waals surface area contributed by atoms with E-state index < -0.39 is 12.3 Å². The number of rotatable bonds is 4. The number of esters is 1. The van der Waals surface area contributed by atoms with Crippen molar-refractivity contribution in [3.8, 4) is 5.75 Å². The van der Waals surface area contributed by atoms with Crippen molar-refractivity contribution >= 4 is 5.97 Å². The lowest BCUT2D eigenvalue weighted by Gasteiger charge is -2.12. The number of nitrogens with zero attached hydrogens (tertiary/aromatic N) is 1. The molecule has 1 aromatic heterocycles. The number of carbonyl (C=O) groups is 1. The summed E-state index contributed by atoms with van der Waals surface area (Å²) >= 11 is 0. The highest BCUT2D eigenvalue weighted by Gasteiger charge is 2.17. The summed E-state index contributed by atoms with van der Waals surface area (Å²) in [4.78, 5) is 15.6. The molecule has 0 amide bonds. The van der Waals surface area contributed by atoms with Gasteiger partial charge >= 0.3 is 5.97 Å². The lowest BCUT2D eigenvalue weighted by atomic mass is 10.3. The SMILES string of the molecule is CCOC(=O)c1nc(C)ccc1OC(C)O. The Kier molecular flexibility index (Phi) is 4.25. The molecule has 0 spiro atoms. The van der Waals surface area contributed by atoms with E-state index in [-0.39, 0.29) is 18.1 Å². The van der Waals surface area contributed by atoms with Gasteiger partial charge in [-0.3, -0.25) is 0 Å². The molecule has 0 aliphatic heterocycles. The summed E-state index contributed by atoms with van der Waals surface area (Å²) in [6.07, 6.45) is -1.00. The minimum absolute atomic E-state index is 0.0859. The fourth-order valence-electron chi connectivity index (χ4n) is 1.17. The lowest BCUT2D eigenvalue weighted by molar-refractivity contribution is -0.00196. The summed E-state index contributed by atoms with van der Waals surface area (Å²) in [5, 5.41) is 9.11. The highest BCUT2D eigenvalue weighted by Crippen LogP contribution is 2.18. The number of hydrogen-bond donors (Lipinski definition) is 1. The number of ether oxygens (including phenoxy) is 2. The maximum absolute atomic E-state index is 11.6. The third-order valence-electron chi connectivity index (χ3n) is 1.76. The highest BCUT2D eigenvalue weighted by atomic mass is 16.6. The molecule has 88 valence electrons. The van der Waals surface area contributed by atoms with Crippen LogP contribution in [0, 0.1) is 6.92 Å². The van der Waals surface area contributed by atoms with Gasteiger partial charge in [-0.05, 0) is 32.9 Å². The van der Waals surface area contributed by atoms with Crippen molar-refractivity contribution in [2.24, 2.45) is 0 Å². The van der Waals surface area contributed by atoms with Crippen LogP contribution in [0.25, 0.3) is 0 Å². The van der Waals surface area contributed by atoms with E-state index in [1.807, 2.05) is 0 Å². The number of aryl methyl sites for hydroxylation is 1. The van der Waals surface area contributed by atoms with Gasteiger partial charge in [0.25, 0.3) is 0 Å². The topological polar surface area (TPSA) is 68.7 Å². The molecule has 0 radical (unpaired) electrons. The average Bonchev–Trinajstić information content (AvgIpc) is 2.20. The number of carbonyl (C=O) groups excluding carboxylic acids is 1. The maximum atomic E-state index is 11.6. The number of aliphatic hydroxyl groups is 1. The first-order valence-electron chi connectivity index (χ1n) is 5.04. The molecular weight excluding hydrogens is 210 g/mol. The molecule has 0 aliphatic rings. The van der Waals surface area contributed by atoms with Gasteiger partial charge in [-0.2, -0.15) is 0 Å². The summed E-state index contributed by atoms with van der Waals surface area (Å²) in [6, 6.07) is 3.28. The first-order chi connectivity index (χ1) is 7.54. The highest BCUT2D eigenvalue weighted by molar-refractivity contribution is 5.90. The summed E-state index contributed by atoms with van der Waals surface area (Å²) in [7, 11) is 0. The van der Waals surface area contributed by atoms with E-state index in [4.69, 9.17) is 14.6 Å². The molecular formula is C11H15NO4. The van der Waals surface area contributed by atoms with Crippen LogP contribution in [0.3, 0.4) is 0 Å². The molecule has 5 nitrogen and oxygen atoms in total. The van der Waals surface area contributed by atoms with Crippen LogP contribution in [0.15, 0.2) is 12.1 Å². The third-order valence-corrected chi connectivity index (χ3v) is 1.76. The first kappa shape index (κ1) is 12.4. The molecule has 1 unspecified atom stereocenters. The quantitative estimate of drug-likeness (QED) is 0.617. The Hall–Kier alpha value is -1.62. The Morgan fingerprint density at radius 2 is 2.25 bits per heavy atom. The normalized spacial score (nSPS) is 12.0. The molecule has 0 aliphatic carbocycles. The zero-order chi connectivity index (χ0) is 12.1. The van der Waals surface area contributed by atoms with E-state index in [2.05, 4.69) is 4.98 Å². The second-order valence-electron chi connectivity index (χ2n) is 3.24. The van der Waals surface area contributed by atoms with Crippen LogP contribution < -0.4 is 4.74 Å². The van der Waals surface area contributed by atoms with E-state index in [0.29, 0.717) is 5.69 Å². The summed E-state index contributed by atoms with van der Waals surface area (Å²) in [5.74, 6) is -0.332. The maximum Gasteiger partial charge on any atom is 0.360 e. The average molecular weight is 225 g/mol. The van der Waals surface area contributed by atoms with Crippen LogP contribution in [0.2, 0.25) is 0 Å². The largest absolute Gasteiger partial charge is 0.463 e. The van der Waals surface area contributed by atoms with Gasteiger partial charge in [0.15, 0.2) is 17.7 Å². The third kappa shape index (κ3) is 3.20. The van der Waals surface area contributed by atoms with Gasteiger partial charge in [-0.25, -0.2) is 9.78 Å². The van der Waals surface area contributed by atoms with E-state index in [9.17, 15) is 4.79 Å². The Balaban J connectivity index is 3.02. The van der Waals surface area contributed by atoms with Gasteiger partial charge in [-0.15, -0.1) is 0 Å². The van der Waals surface area contributed by atoms with Crippen LogP contribution in [0.4, 0.5) is 0 Å². The van der Waals surface area contributed by atoms with Gasteiger partial charge < -0.3 is 14.6 Å². The zero-order valence-electron chi connectivity index (χ0n) is 9.56. The Bertz CT molecular complexity index is 376. The molecule has 16 heavy (non-hydrogen) atoms. The van der Waals surface area contributed by atoms with Crippen molar-refractivity contribution in [2.45, 2.75) is 27.1 Å². The fraction of sp³-hybridized carbons (Fsp3) is 0.455. The van der Waals surface area contributed by atoms with Crippen LogP contribution in [-0.4, -0.2) is 29.0 Å². The molecule has 0 saturated heterocycles. The molecule has 0 aromatic carbocycles. The number of pyridine rings is 1. The van der Waals surface area contributed by atoms with E-state index >= 15 is 0 Å². The summed E-state index contributed by atoms with van der Waals surface area (Å²) in [6.45, 7) is 5.19. The Morgan fingerprint density at radius 3 is 2.81 bits per heavy atom. The molecule has 5 heteroatoms. The Labute approximate surface area is 94.0 Å². The minimum Gasteiger partial charge on any atom is -0.463 e. The monoisotopic (exact) mass is 225 g/mol. The van der Waals surface area contributed by atoms with Crippen LogP contribution in [0.5, 0.6) is 5.75 Å². The van der Waals surface area contributed by atoms with Crippen LogP contribution in [0.1, 0.15) is 30.0 Å². The predicted molar refractivity (Wildman–Crippen MR) is 57.2 cm³/mol. The molecule has 1 rings (SSSR count). The van der Waals surface area contributed by atoms with Gasteiger partial charge in [0.05, 0.1) is 6.61 Å². The van der Waals surface area contributed by atoms with E-state index in [0.717, 1.165) is 0 Å². The van der Waals surface area contributed by atoms with Gasteiger partial charge in [0.2, 0.25) is 0 Å². The van der Waals surface area contributed by atoms with E-state index in [1.165, 1.54) is 6.92 Å². The number of aromatic nitrogens is 1. The van der Waals surface area contributed by atoms with Gasteiger partial charge in [0, 0.05) is 5.69 Å². The second kappa shape index (κ2) is 5.46. The number of hydrogen-bond acceptors (Lipinski definition) is 5. The molecule has 1 heterocycles. The van der Waals surface area contributed by atoms with Crippen molar-refractivity contribution in [3.05, 3.63) is 23.5 Å². The van der Waals surface area contributed by atoms with Gasteiger partial charge in [0.1, 0.15) is 0 Å². The summed E-state index contributed by atoms with van der Waals surface area (Å²) < 4.78 is 9.90. The summed E-state index contributed by atoms with van der Waals surface area (Å²) in [5.41, 5.74) is 0.767. The van der Waals surface area contributed by atoms with Crippen molar-refractivity contribution in [2.75, 3.05) is 6.61 Å². The Morgan fingerprint density at radius 1 is 1.56 bits per heavy atom. The first-order valence-corrected chi connectivity index (χ1v) is 5.04.